The van der Waals surface area contributed by atoms with Crippen LogP contribution in [0.4, 0.5) is 0 Å². The van der Waals surface area contributed by atoms with Gasteiger partial charge in [0.2, 0.25) is 0 Å². The molecule has 0 aliphatic carbocycles. The normalized spacial score (nSPS) is 14.4. The molecule has 0 amide bonds. The second-order valence-corrected chi connectivity index (χ2v) is 11.7. The Balaban J connectivity index is 1.28. The summed E-state index contributed by atoms with van der Waals surface area (Å²) in [5, 5.41) is 3.63. The number of furan rings is 1. The molecule has 0 N–H and O–H groups in total. The highest BCUT2D eigenvalue weighted by Crippen LogP contribution is 2.41. The molecule has 0 atom stereocenters. The highest BCUT2D eigenvalue weighted by Gasteiger charge is 2.21. The van der Waals surface area contributed by atoms with Gasteiger partial charge in [-0.15, -0.1) is 0 Å². The second-order valence-electron chi connectivity index (χ2n) is 11.7. The third-order valence-electron chi connectivity index (χ3n) is 8.84. The Morgan fingerprint density at radius 2 is 1.12 bits per heavy atom. The van der Waals surface area contributed by atoms with Gasteiger partial charge in [-0.2, -0.15) is 0 Å². The smallest absolute Gasteiger partial charge is 0.166 e. The second kappa shape index (κ2) is 11.4. The summed E-state index contributed by atoms with van der Waals surface area (Å²) in [6.45, 7) is 0. The van der Waals surface area contributed by atoms with Gasteiger partial charge in [0.05, 0.1) is 24.7 Å². The van der Waals surface area contributed by atoms with E-state index in [1.165, 1.54) is 0 Å². The number of nitrogens with zero attached hydrogens (tertiary/aromatic N) is 4. The minimum atomic E-state index is -0.614. The third-order valence-corrected chi connectivity index (χ3v) is 8.84. The van der Waals surface area contributed by atoms with Crippen molar-refractivity contribution in [1.82, 2.24) is 19.5 Å². The monoisotopic (exact) mass is 650 g/mol. The summed E-state index contributed by atoms with van der Waals surface area (Å²) >= 11 is 0. The van der Waals surface area contributed by atoms with Crippen LogP contribution < -0.4 is 0 Å². The number of para-hydroxylation sites is 2. The first-order valence-electron chi connectivity index (χ1n) is 20.9. The van der Waals surface area contributed by atoms with Crippen molar-refractivity contribution in [2.24, 2.45) is 0 Å². The first-order chi connectivity index (χ1) is 28.9. The Bertz CT molecular complexity index is 3310. The summed E-state index contributed by atoms with van der Waals surface area (Å²) < 4.78 is 93.6. The van der Waals surface area contributed by atoms with E-state index in [0.717, 1.165) is 49.5 Å². The summed E-state index contributed by atoms with van der Waals surface area (Å²) in [5.74, 6) is -0.701. The predicted octanol–water partition coefficient (Wildman–Crippen LogP) is 11.5. The van der Waals surface area contributed by atoms with Gasteiger partial charge in [-0.25, -0.2) is 15.0 Å². The molecule has 0 saturated carbocycles. The molecule has 0 radical (unpaired) electrons. The third kappa shape index (κ3) is 4.52. The summed E-state index contributed by atoms with van der Waals surface area (Å²) in [6.07, 6.45) is 0. The van der Waals surface area contributed by atoms with Gasteiger partial charge in [0.1, 0.15) is 11.2 Å². The van der Waals surface area contributed by atoms with Gasteiger partial charge in [-0.1, -0.05) is 133 Å². The van der Waals surface area contributed by atoms with Crippen LogP contribution in [0.3, 0.4) is 0 Å². The molecular weight excluding hydrogens is 613 g/mol. The molecule has 0 saturated heterocycles. The average molecular weight is 651 g/mol. The van der Waals surface area contributed by atoms with Gasteiger partial charge in [0.15, 0.2) is 17.5 Å². The Hall–Kier alpha value is -6.85. The van der Waals surface area contributed by atoms with Crippen molar-refractivity contribution in [2.75, 3.05) is 0 Å². The van der Waals surface area contributed by atoms with Crippen molar-refractivity contribution >= 4 is 43.7 Å². The summed E-state index contributed by atoms with van der Waals surface area (Å²) in [5.41, 5.74) is 5.47. The minimum absolute atomic E-state index is 0.0272. The molecule has 0 aliphatic rings. The molecule has 0 unspecified atom stereocenters. The lowest BCUT2D eigenvalue weighted by molar-refractivity contribution is 0.668. The van der Waals surface area contributed by atoms with E-state index in [-0.39, 0.29) is 28.6 Å². The summed E-state index contributed by atoms with van der Waals surface area (Å²) in [4.78, 5) is 14.0. The molecule has 5 nitrogen and oxygen atoms in total. The zero-order chi connectivity index (χ0) is 41.7. The molecule has 0 fully saturated rings. The van der Waals surface area contributed by atoms with Crippen LogP contribution in [0.25, 0.3) is 94.7 Å². The number of hydrogen-bond donors (Lipinski definition) is 0. The van der Waals surface area contributed by atoms with Crippen molar-refractivity contribution in [3.8, 4) is 51.0 Å². The first-order valence-corrected chi connectivity index (χ1v) is 15.9. The molecule has 50 heavy (non-hydrogen) atoms. The van der Waals surface area contributed by atoms with E-state index in [4.69, 9.17) is 28.1 Å². The molecule has 0 spiro atoms. The Morgan fingerprint density at radius 1 is 0.480 bits per heavy atom. The Kier molecular flexibility index (Phi) is 4.52. The maximum Gasteiger partial charge on any atom is 0.166 e. The van der Waals surface area contributed by atoms with Gasteiger partial charge in [-0.05, 0) is 41.5 Å². The quantitative estimate of drug-likeness (QED) is 0.186. The number of hydrogen-bond acceptors (Lipinski definition) is 4. The maximum absolute atomic E-state index is 8.78. The fourth-order valence-corrected chi connectivity index (χ4v) is 6.72. The van der Waals surface area contributed by atoms with Crippen LogP contribution in [0.15, 0.2) is 174 Å². The van der Waals surface area contributed by atoms with E-state index in [1.807, 2.05) is 89.5 Å². The van der Waals surface area contributed by atoms with E-state index >= 15 is 0 Å². The molecule has 3 heterocycles. The standard InChI is InChI=1S/C45H28N4O/c1-4-14-29(15-5-1)33-21-13-25-39-41(33)36-27-26-32(28-40(36)50-39)49-38-24-11-10-20-34(38)35-22-12-23-37(42(35)49)45-47-43(30-16-6-2-7-17-30)46-44(48-45)31-18-8-3-9-19-31/h1-28H/i2D,3D,6D,7D,8D,9D,16D,17D,18D,19D. The van der Waals surface area contributed by atoms with E-state index in [9.17, 15) is 0 Å². The van der Waals surface area contributed by atoms with Crippen LogP contribution in [-0.2, 0) is 0 Å². The Morgan fingerprint density at radius 3 is 1.88 bits per heavy atom. The van der Waals surface area contributed by atoms with Crippen LogP contribution in [0.2, 0.25) is 0 Å². The fraction of sp³-hybridized carbons (Fsp3) is 0. The highest BCUT2D eigenvalue weighted by molar-refractivity contribution is 6.15. The molecule has 5 heteroatoms. The fourth-order valence-electron chi connectivity index (χ4n) is 6.72. The SMILES string of the molecule is [2H]c1c([2H])c([2H])c(-c2nc(-c3c([2H])c([2H])c([2H])c([2H])c3[2H])nc(-c3cccc4c5ccccc5n(-c5ccc6c(c5)oc5cccc(-c7ccccc7)c56)c34)n2)c([2H])c1[2H]. The largest absolute Gasteiger partial charge is 0.456 e. The lowest BCUT2D eigenvalue weighted by Gasteiger charge is -2.13. The zero-order valence-corrected chi connectivity index (χ0v) is 26.1. The lowest BCUT2D eigenvalue weighted by Crippen LogP contribution is -2.02. The van der Waals surface area contributed by atoms with Crippen LogP contribution in [0.5, 0.6) is 0 Å². The lowest BCUT2D eigenvalue weighted by atomic mass is 9.99. The van der Waals surface area contributed by atoms with Crippen LogP contribution in [-0.4, -0.2) is 19.5 Å². The molecule has 234 valence electrons. The van der Waals surface area contributed by atoms with E-state index in [0.29, 0.717) is 16.7 Å². The molecule has 10 aromatic rings. The van der Waals surface area contributed by atoms with E-state index in [2.05, 4.69) is 23.2 Å². The van der Waals surface area contributed by atoms with Gasteiger partial charge < -0.3 is 8.98 Å². The van der Waals surface area contributed by atoms with Crippen LogP contribution in [0.1, 0.15) is 13.7 Å². The van der Waals surface area contributed by atoms with Crippen LogP contribution in [0, 0.1) is 0 Å². The first kappa shape index (κ1) is 19.8. The van der Waals surface area contributed by atoms with Crippen molar-refractivity contribution in [3.05, 3.63) is 170 Å². The van der Waals surface area contributed by atoms with Gasteiger partial charge >= 0.3 is 0 Å². The molecule has 3 aromatic heterocycles. The van der Waals surface area contributed by atoms with Gasteiger partial charge in [0, 0.05) is 50.0 Å². The summed E-state index contributed by atoms with van der Waals surface area (Å²) in [7, 11) is 0. The molecule has 0 aliphatic heterocycles. The average Bonchev–Trinajstić information content (AvgIpc) is 3.82. The van der Waals surface area contributed by atoms with Gasteiger partial charge in [0.25, 0.3) is 0 Å². The van der Waals surface area contributed by atoms with E-state index < -0.39 is 60.4 Å². The van der Waals surface area contributed by atoms with Crippen LogP contribution >= 0.6 is 0 Å². The zero-order valence-electron chi connectivity index (χ0n) is 36.1. The Labute approximate surface area is 301 Å². The topological polar surface area (TPSA) is 56.7 Å². The van der Waals surface area contributed by atoms with Crippen molar-refractivity contribution < 1.29 is 18.1 Å². The maximum atomic E-state index is 8.78. The van der Waals surface area contributed by atoms with Crippen molar-refractivity contribution in [1.29, 1.82) is 0 Å². The van der Waals surface area contributed by atoms with Crippen molar-refractivity contribution in [2.45, 2.75) is 0 Å². The number of rotatable bonds is 5. The number of aromatic nitrogens is 4. The highest BCUT2D eigenvalue weighted by atomic mass is 16.3. The van der Waals surface area contributed by atoms with E-state index in [1.54, 1.807) is 6.07 Å². The summed E-state index contributed by atoms with van der Waals surface area (Å²) in [6, 6.07) is 29.5. The van der Waals surface area contributed by atoms with Crippen molar-refractivity contribution in [3.63, 3.8) is 0 Å². The molecule has 0 bridgehead atoms. The minimum Gasteiger partial charge on any atom is -0.456 e. The molecular formula is C45H28N4O. The molecule has 7 aromatic carbocycles. The number of fused-ring (bicyclic) bond motifs is 6. The predicted molar refractivity (Wildman–Crippen MR) is 203 cm³/mol. The molecule has 10 rings (SSSR count). The number of benzene rings is 7. The van der Waals surface area contributed by atoms with Gasteiger partial charge in [-0.3, -0.25) is 0 Å².